The summed E-state index contributed by atoms with van der Waals surface area (Å²) in [7, 11) is -0.347. The van der Waals surface area contributed by atoms with Crippen LogP contribution in [0.4, 0.5) is 4.79 Å². The van der Waals surface area contributed by atoms with Crippen molar-refractivity contribution in [3.8, 4) is 0 Å². The van der Waals surface area contributed by atoms with Gasteiger partial charge in [-0.2, -0.15) is 17.0 Å². The van der Waals surface area contributed by atoms with E-state index in [0.29, 0.717) is 26.2 Å². The van der Waals surface area contributed by atoms with Crippen molar-refractivity contribution in [3.05, 3.63) is 0 Å². The third-order valence-corrected chi connectivity index (χ3v) is 7.00. The Morgan fingerprint density at radius 3 is 2.24 bits per heavy atom. The normalized spacial score (nSPS) is 21.2. The maximum Gasteiger partial charge on any atom is 0.321 e. The molecule has 1 saturated carbocycles. The van der Waals surface area contributed by atoms with E-state index in [-0.39, 0.29) is 12.6 Å². The molecule has 0 unspecified atom stereocenters. The van der Waals surface area contributed by atoms with Gasteiger partial charge in [0.1, 0.15) is 0 Å². The van der Waals surface area contributed by atoms with Gasteiger partial charge < -0.3 is 5.32 Å². The van der Waals surface area contributed by atoms with Crippen LogP contribution in [0.25, 0.3) is 0 Å². The Morgan fingerprint density at radius 1 is 1.08 bits per heavy atom. The summed E-state index contributed by atoms with van der Waals surface area (Å²) in [6.07, 6.45) is 5.20. The van der Waals surface area contributed by atoms with Crippen molar-refractivity contribution < 1.29 is 18.0 Å². The SMILES string of the molecule is CNC(=O)NC(=O)CN1CCN(S(=O)(=O)N(C)C2CCCCC2)CC1. The van der Waals surface area contributed by atoms with E-state index in [1.165, 1.54) is 22.1 Å². The molecule has 0 radical (unpaired) electrons. The van der Waals surface area contributed by atoms with Crippen LogP contribution >= 0.6 is 0 Å². The summed E-state index contributed by atoms with van der Waals surface area (Å²) in [4.78, 5) is 24.7. The molecule has 0 bridgehead atoms. The number of nitrogens with one attached hydrogen (secondary N) is 2. The second-order valence-corrected chi connectivity index (χ2v) is 8.61. The zero-order valence-corrected chi connectivity index (χ0v) is 15.8. The zero-order valence-electron chi connectivity index (χ0n) is 15.0. The number of amides is 3. The van der Waals surface area contributed by atoms with Gasteiger partial charge in [-0.25, -0.2) is 4.79 Å². The van der Waals surface area contributed by atoms with Gasteiger partial charge in [0.25, 0.3) is 10.2 Å². The first kappa shape index (κ1) is 20.1. The van der Waals surface area contributed by atoms with Crippen LogP contribution in [-0.4, -0.2) is 86.7 Å². The second kappa shape index (κ2) is 8.93. The molecule has 0 aromatic carbocycles. The Morgan fingerprint density at radius 2 is 1.68 bits per heavy atom. The van der Waals surface area contributed by atoms with Crippen LogP contribution in [0.2, 0.25) is 0 Å². The highest BCUT2D eigenvalue weighted by Gasteiger charge is 2.34. The highest BCUT2D eigenvalue weighted by molar-refractivity contribution is 7.86. The van der Waals surface area contributed by atoms with Crippen molar-refractivity contribution in [2.24, 2.45) is 0 Å². The molecular formula is C15H29N5O4S. The average Bonchev–Trinajstić information content (AvgIpc) is 2.62. The minimum absolute atomic E-state index is 0.0831. The van der Waals surface area contributed by atoms with E-state index in [1.54, 1.807) is 7.05 Å². The van der Waals surface area contributed by atoms with E-state index >= 15 is 0 Å². The van der Waals surface area contributed by atoms with Gasteiger partial charge in [-0.15, -0.1) is 0 Å². The van der Waals surface area contributed by atoms with Gasteiger partial charge in [-0.05, 0) is 12.8 Å². The molecule has 1 saturated heterocycles. The Kier molecular flexibility index (Phi) is 7.17. The lowest BCUT2D eigenvalue weighted by atomic mass is 9.96. The molecule has 0 aromatic heterocycles. The summed E-state index contributed by atoms with van der Waals surface area (Å²) < 4.78 is 28.6. The number of carbonyl (C=O) groups is 2. The van der Waals surface area contributed by atoms with Crippen LogP contribution in [0.15, 0.2) is 0 Å². The molecule has 0 spiro atoms. The van der Waals surface area contributed by atoms with Crippen molar-refractivity contribution >= 4 is 22.1 Å². The Labute approximate surface area is 149 Å². The first-order valence-corrected chi connectivity index (χ1v) is 10.2. The minimum atomic E-state index is -3.46. The quantitative estimate of drug-likeness (QED) is 0.679. The summed E-state index contributed by atoms with van der Waals surface area (Å²) >= 11 is 0. The number of urea groups is 1. The van der Waals surface area contributed by atoms with Gasteiger partial charge in [-0.3, -0.25) is 15.0 Å². The third-order valence-electron chi connectivity index (χ3n) is 4.96. The van der Waals surface area contributed by atoms with Crippen molar-refractivity contribution in [1.82, 2.24) is 24.1 Å². The molecule has 1 heterocycles. The lowest BCUT2D eigenvalue weighted by Gasteiger charge is -2.38. The largest absolute Gasteiger partial charge is 0.341 e. The molecule has 144 valence electrons. The lowest BCUT2D eigenvalue weighted by Crippen LogP contribution is -2.55. The molecule has 2 N–H and O–H groups in total. The number of piperazine rings is 1. The van der Waals surface area contributed by atoms with Crippen LogP contribution in [-0.2, 0) is 15.0 Å². The number of nitrogens with zero attached hydrogens (tertiary/aromatic N) is 3. The number of rotatable bonds is 5. The molecule has 2 aliphatic rings. The Hall–Kier alpha value is -1.23. The van der Waals surface area contributed by atoms with Gasteiger partial charge >= 0.3 is 6.03 Å². The molecule has 25 heavy (non-hydrogen) atoms. The number of imide groups is 1. The summed E-state index contributed by atoms with van der Waals surface area (Å²) in [5, 5.41) is 4.53. The molecule has 0 atom stereocenters. The molecule has 9 nitrogen and oxygen atoms in total. The van der Waals surface area contributed by atoms with Crippen LogP contribution in [0.1, 0.15) is 32.1 Å². The number of carbonyl (C=O) groups excluding carboxylic acids is 2. The fourth-order valence-corrected chi connectivity index (χ4v) is 4.94. The van der Waals surface area contributed by atoms with Gasteiger partial charge in [0.15, 0.2) is 0 Å². The first-order valence-electron chi connectivity index (χ1n) is 8.81. The highest BCUT2D eigenvalue weighted by atomic mass is 32.2. The molecule has 2 fully saturated rings. The number of hydrogen-bond donors (Lipinski definition) is 2. The van der Waals surface area contributed by atoms with Gasteiger partial charge in [0, 0.05) is 46.3 Å². The topological polar surface area (TPSA) is 102 Å². The highest BCUT2D eigenvalue weighted by Crippen LogP contribution is 2.25. The molecule has 0 aromatic rings. The average molecular weight is 375 g/mol. The second-order valence-electron chi connectivity index (χ2n) is 6.62. The maximum atomic E-state index is 12.8. The van der Waals surface area contributed by atoms with Crippen LogP contribution in [0, 0.1) is 0 Å². The van der Waals surface area contributed by atoms with E-state index in [0.717, 1.165) is 25.7 Å². The lowest BCUT2D eigenvalue weighted by molar-refractivity contribution is -0.121. The van der Waals surface area contributed by atoms with E-state index in [9.17, 15) is 18.0 Å². The van der Waals surface area contributed by atoms with E-state index in [4.69, 9.17) is 0 Å². The van der Waals surface area contributed by atoms with Crippen molar-refractivity contribution in [2.45, 2.75) is 38.1 Å². The van der Waals surface area contributed by atoms with E-state index in [1.807, 2.05) is 4.90 Å². The first-order chi connectivity index (χ1) is 11.8. The monoisotopic (exact) mass is 375 g/mol. The van der Waals surface area contributed by atoms with Gasteiger partial charge in [-0.1, -0.05) is 19.3 Å². The molecule has 1 aliphatic carbocycles. The van der Waals surface area contributed by atoms with Crippen molar-refractivity contribution in [1.29, 1.82) is 0 Å². The molecule has 3 amide bonds. The summed E-state index contributed by atoms with van der Waals surface area (Å²) in [5.41, 5.74) is 0. The molecular weight excluding hydrogens is 346 g/mol. The standard InChI is InChI=1S/C15H29N5O4S/c1-16-15(22)17-14(21)12-19-8-10-20(11-9-19)25(23,24)18(2)13-6-4-3-5-7-13/h13H,3-12H2,1-2H3,(H2,16,17,21,22). The summed E-state index contributed by atoms with van der Waals surface area (Å²) in [6, 6.07) is -0.449. The predicted molar refractivity (Wildman–Crippen MR) is 94.2 cm³/mol. The summed E-state index contributed by atoms with van der Waals surface area (Å²) in [6.45, 7) is 1.73. The fraction of sp³-hybridized carbons (Fsp3) is 0.867. The third kappa shape index (κ3) is 5.37. The van der Waals surface area contributed by atoms with Crippen LogP contribution in [0.5, 0.6) is 0 Å². The maximum absolute atomic E-state index is 12.8. The molecule has 1 aliphatic heterocycles. The minimum Gasteiger partial charge on any atom is -0.341 e. The van der Waals surface area contributed by atoms with Gasteiger partial charge in [0.05, 0.1) is 6.54 Å². The summed E-state index contributed by atoms with van der Waals surface area (Å²) in [5.74, 6) is -0.394. The van der Waals surface area contributed by atoms with E-state index in [2.05, 4.69) is 10.6 Å². The predicted octanol–water partition coefficient (Wildman–Crippen LogP) is -0.431. The van der Waals surface area contributed by atoms with Crippen molar-refractivity contribution in [2.75, 3.05) is 46.8 Å². The van der Waals surface area contributed by atoms with Crippen LogP contribution in [0.3, 0.4) is 0 Å². The fourth-order valence-electron chi connectivity index (χ4n) is 3.37. The Bertz CT molecular complexity index is 568. The van der Waals surface area contributed by atoms with Crippen molar-refractivity contribution in [3.63, 3.8) is 0 Å². The zero-order chi connectivity index (χ0) is 18.4. The van der Waals surface area contributed by atoms with Gasteiger partial charge in [0.2, 0.25) is 5.91 Å². The van der Waals surface area contributed by atoms with E-state index < -0.39 is 22.1 Å². The number of hydrogen-bond acceptors (Lipinski definition) is 5. The molecule has 10 heteroatoms. The van der Waals surface area contributed by atoms with Crippen LogP contribution < -0.4 is 10.6 Å². The smallest absolute Gasteiger partial charge is 0.321 e. The molecule has 2 rings (SSSR count). The Balaban J connectivity index is 1.83.